The second-order valence-corrected chi connectivity index (χ2v) is 3.89. The molecule has 1 aromatic heterocycles. The second-order valence-electron chi connectivity index (χ2n) is 3.89. The fourth-order valence-corrected chi connectivity index (χ4v) is 1.79. The predicted molar refractivity (Wildman–Crippen MR) is 54.1 cm³/mol. The zero-order chi connectivity index (χ0) is 9.97. The van der Waals surface area contributed by atoms with E-state index in [9.17, 15) is 0 Å². The Bertz CT molecular complexity index is 291. The fourth-order valence-electron chi connectivity index (χ4n) is 1.79. The minimum atomic E-state index is 0.202. The van der Waals surface area contributed by atoms with Crippen LogP contribution in [0.15, 0.2) is 10.6 Å². The van der Waals surface area contributed by atoms with Gasteiger partial charge in [-0.2, -0.15) is 0 Å². The molecule has 0 radical (unpaired) electrons. The van der Waals surface area contributed by atoms with Crippen LogP contribution >= 0.6 is 0 Å². The molecule has 14 heavy (non-hydrogen) atoms. The van der Waals surface area contributed by atoms with E-state index >= 15 is 0 Å². The molecule has 2 N–H and O–H groups in total. The Morgan fingerprint density at radius 3 is 3.14 bits per heavy atom. The average Bonchev–Trinajstić information content (AvgIpc) is 2.75. The summed E-state index contributed by atoms with van der Waals surface area (Å²) in [6.45, 7) is 6.16. The molecular formula is C10H17N3O. The molecule has 1 saturated heterocycles. The summed E-state index contributed by atoms with van der Waals surface area (Å²) in [5.74, 6) is 1.66. The van der Waals surface area contributed by atoms with Gasteiger partial charge in [0.15, 0.2) is 0 Å². The molecule has 2 rings (SSSR count). The van der Waals surface area contributed by atoms with Crippen LogP contribution in [0.5, 0.6) is 0 Å². The first-order chi connectivity index (χ1) is 6.75. The van der Waals surface area contributed by atoms with Crippen molar-refractivity contribution in [2.75, 3.05) is 13.1 Å². The fraction of sp³-hybridized carbons (Fsp3) is 0.700. The minimum absolute atomic E-state index is 0.202. The standard InChI is InChI=1S/C10H17N3O/c1-7-5-12-10(14-7)8(2)13-9-3-4-11-6-9/h5,8-9,11,13H,3-4,6H2,1-2H3. The number of aryl methyl sites for hydroxylation is 1. The third-order valence-electron chi connectivity index (χ3n) is 2.56. The summed E-state index contributed by atoms with van der Waals surface area (Å²) in [4.78, 5) is 4.21. The molecule has 0 amide bonds. The smallest absolute Gasteiger partial charge is 0.211 e. The van der Waals surface area contributed by atoms with Gasteiger partial charge in [0.25, 0.3) is 0 Å². The predicted octanol–water partition coefficient (Wildman–Crippen LogP) is 0.996. The van der Waals surface area contributed by atoms with Crippen LogP contribution in [0.25, 0.3) is 0 Å². The summed E-state index contributed by atoms with van der Waals surface area (Å²) in [5, 5.41) is 6.81. The third-order valence-corrected chi connectivity index (χ3v) is 2.56. The minimum Gasteiger partial charge on any atom is -0.444 e. The number of aromatic nitrogens is 1. The average molecular weight is 195 g/mol. The Hall–Kier alpha value is -0.870. The number of nitrogens with zero attached hydrogens (tertiary/aromatic N) is 1. The molecule has 78 valence electrons. The first-order valence-electron chi connectivity index (χ1n) is 5.15. The van der Waals surface area contributed by atoms with E-state index in [1.54, 1.807) is 6.20 Å². The molecule has 0 bridgehead atoms. The van der Waals surface area contributed by atoms with Gasteiger partial charge in [-0.25, -0.2) is 4.98 Å². The molecule has 2 unspecified atom stereocenters. The topological polar surface area (TPSA) is 50.1 Å². The molecule has 0 spiro atoms. The highest BCUT2D eigenvalue weighted by molar-refractivity contribution is 4.96. The van der Waals surface area contributed by atoms with Crippen LogP contribution < -0.4 is 10.6 Å². The quantitative estimate of drug-likeness (QED) is 0.755. The maximum absolute atomic E-state index is 5.46. The van der Waals surface area contributed by atoms with Crippen molar-refractivity contribution in [3.05, 3.63) is 17.8 Å². The van der Waals surface area contributed by atoms with Gasteiger partial charge in [-0.15, -0.1) is 0 Å². The van der Waals surface area contributed by atoms with Crippen LogP contribution in [0.2, 0.25) is 0 Å². The van der Waals surface area contributed by atoms with Crippen LogP contribution in [0, 0.1) is 6.92 Å². The van der Waals surface area contributed by atoms with Gasteiger partial charge in [-0.05, 0) is 26.8 Å². The Kier molecular flexibility index (Phi) is 2.84. The molecule has 2 heterocycles. The largest absolute Gasteiger partial charge is 0.444 e. The van der Waals surface area contributed by atoms with Crippen LogP contribution in [0.4, 0.5) is 0 Å². The van der Waals surface area contributed by atoms with Gasteiger partial charge in [0.1, 0.15) is 5.76 Å². The van der Waals surface area contributed by atoms with Gasteiger partial charge < -0.3 is 15.1 Å². The normalized spacial score (nSPS) is 24.0. The van der Waals surface area contributed by atoms with Crippen molar-refractivity contribution in [1.82, 2.24) is 15.6 Å². The van der Waals surface area contributed by atoms with Crippen molar-refractivity contribution in [1.29, 1.82) is 0 Å². The highest BCUT2D eigenvalue weighted by atomic mass is 16.4. The van der Waals surface area contributed by atoms with Crippen molar-refractivity contribution in [2.45, 2.75) is 32.4 Å². The Balaban J connectivity index is 1.91. The van der Waals surface area contributed by atoms with E-state index in [0.717, 1.165) is 24.7 Å². The number of rotatable bonds is 3. The lowest BCUT2D eigenvalue weighted by atomic mass is 10.2. The summed E-state index contributed by atoms with van der Waals surface area (Å²) in [5.41, 5.74) is 0. The van der Waals surface area contributed by atoms with E-state index in [1.165, 1.54) is 6.42 Å². The Labute approximate surface area is 84.1 Å². The molecule has 4 nitrogen and oxygen atoms in total. The summed E-state index contributed by atoms with van der Waals surface area (Å²) in [6.07, 6.45) is 2.95. The zero-order valence-electron chi connectivity index (χ0n) is 8.71. The molecule has 4 heteroatoms. The maximum atomic E-state index is 5.46. The molecule has 1 fully saturated rings. The summed E-state index contributed by atoms with van der Waals surface area (Å²) in [7, 11) is 0. The molecule has 0 aliphatic carbocycles. The van der Waals surface area contributed by atoms with Crippen LogP contribution in [0.3, 0.4) is 0 Å². The van der Waals surface area contributed by atoms with Gasteiger partial charge in [0.05, 0.1) is 12.2 Å². The van der Waals surface area contributed by atoms with E-state index in [0.29, 0.717) is 6.04 Å². The van der Waals surface area contributed by atoms with E-state index in [4.69, 9.17) is 4.42 Å². The van der Waals surface area contributed by atoms with Gasteiger partial charge in [-0.3, -0.25) is 0 Å². The van der Waals surface area contributed by atoms with Crippen molar-refractivity contribution >= 4 is 0 Å². The lowest BCUT2D eigenvalue weighted by Gasteiger charge is -2.15. The number of nitrogens with one attached hydrogen (secondary N) is 2. The van der Waals surface area contributed by atoms with E-state index < -0.39 is 0 Å². The molecule has 1 aliphatic heterocycles. The van der Waals surface area contributed by atoms with Crippen LogP contribution in [-0.4, -0.2) is 24.1 Å². The summed E-state index contributed by atoms with van der Waals surface area (Å²) >= 11 is 0. The van der Waals surface area contributed by atoms with Crippen LogP contribution in [-0.2, 0) is 0 Å². The maximum Gasteiger partial charge on any atom is 0.211 e. The van der Waals surface area contributed by atoms with Crippen LogP contribution in [0.1, 0.15) is 31.0 Å². The lowest BCUT2D eigenvalue weighted by molar-refractivity contribution is 0.376. The molecule has 0 aromatic carbocycles. The second kappa shape index (κ2) is 4.11. The van der Waals surface area contributed by atoms with E-state index in [2.05, 4.69) is 22.5 Å². The highest BCUT2D eigenvalue weighted by Crippen LogP contribution is 2.13. The van der Waals surface area contributed by atoms with Crippen molar-refractivity contribution in [3.8, 4) is 0 Å². The van der Waals surface area contributed by atoms with Crippen molar-refractivity contribution in [3.63, 3.8) is 0 Å². The molecule has 0 saturated carbocycles. The highest BCUT2D eigenvalue weighted by Gasteiger charge is 2.19. The molecular weight excluding hydrogens is 178 g/mol. The molecule has 1 aliphatic rings. The lowest BCUT2D eigenvalue weighted by Crippen LogP contribution is -2.33. The summed E-state index contributed by atoms with van der Waals surface area (Å²) in [6, 6.07) is 0.755. The summed E-state index contributed by atoms with van der Waals surface area (Å²) < 4.78 is 5.46. The number of oxazole rings is 1. The number of hydrogen-bond donors (Lipinski definition) is 2. The Morgan fingerprint density at radius 1 is 1.71 bits per heavy atom. The van der Waals surface area contributed by atoms with Gasteiger partial charge in [-0.1, -0.05) is 0 Å². The van der Waals surface area contributed by atoms with E-state index in [1.807, 2.05) is 6.92 Å². The zero-order valence-corrected chi connectivity index (χ0v) is 8.71. The number of hydrogen-bond acceptors (Lipinski definition) is 4. The third kappa shape index (κ3) is 2.13. The SMILES string of the molecule is Cc1cnc(C(C)NC2CCNC2)o1. The first kappa shape index (κ1) is 9.68. The van der Waals surface area contributed by atoms with Crippen molar-refractivity contribution in [2.24, 2.45) is 0 Å². The molecule has 1 aromatic rings. The van der Waals surface area contributed by atoms with Crippen molar-refractivity contribution < 1.29 is 4.42 Å². The molecule has 2 atom stereocenters. The van der Waals surface area contributed by atoms with Gasteiger partial charge in [0, 0.05) is 12.6 Å². The van der Waals surface area contributed by atoms with Gasteiger partial charge in [0.2, 0.25) is 5.89 Å². The first-order valence-corrected chi connectivity index (χ1v) is 5.15. The van der Waals surface area contributed by atoms with E-state index in [-0.39, 0.29) is 6.04 Å². The van der Waals surface area contributed by atoms with Gasteiger partial charge >= 0.3 is 0 Å². The monoisotopic (exact) mass is 195 g/mol. The Morgan fingerprint density at radius 2 is 2.57 bits per heavy atom.